The summed E-state index contributed by atoms with van der Waals surface area (Å²) in [7, 11) is 0. The molecule has 2 aromatic heterocycles. The first-order valence-corrected chi connectivity index (χ1v) is 14.7. The Bertz CT molecular complexity index is 1510. The summed E-state index contributed by atoms with van der Waals surface area (Å²) in [6, 6.07) is 3.72. The van der Waals surface area contributed by atoms with Crippen LogP contribution < -0.4 is 15.0 Å². The number of pyridine rings is 1. The molecule has 230 valence electrons. The van der Waals surface area contributed by atoms with Gasteiger partial charge in [0.15, 0.2) is 5.82 Å². The first kappa shape index (κ1) is 29.5. The molecule has 11 nitrogen and oxygen atoms in total. The quantitative estimate of drug-likeness (QED) is 0.342. The number of aromatic hydroxyl groups is 1. The van der Waals surface area contributed by atoms with Crippen LogP contribution in [-0.4, -0.2) is 99.4 Å². The lowest BCUT2D eigenvalue weighted by atomic mass is 9.95. The lowest BCUT2D eigenvalue weighted by Gasteiger charge is -2.31. The lowest BCUT2D eigenvalue weighted by molar-refractivity contribution is 0.107. The van der Waals surface area contributed by atoms with Gasteiger partial charge in [0.05, 0.1) is 23.6 Å². The molecule has 0 spiro atoms. The molecule has 4 atom stereocenters. The van der Waals surface area contributed by atoms with E-state index in [4.69, 9.17) is 31.2 Å². The van der Waals surface area contributed by atoms with Crippen LogP contribution in [0.5, 0.6) is 11.8 Å². The summed E-state index contributed by atoms with van der Waals surface area (Å²) in [5.74, 6) is -0.503. The number of carbonyl (C=O) groups is 1. The third-order valence-electron chi connectivity index (χ3n) is 8.52. The molecular formula is C29H33ClF2N6O5. The summed E-state index contributed by atoms with van der Waals surface area (Å²) < 4.78 is 41.7. The highest BCUT2D eigenvalue weighted by molar-refractivity contribution is 6.31. The third kappa shape index (κ3) is 5.85. The molecule has 0 unspecified atom stereocenters. The van der Waals surface area contributed by atoms with Crippen molar-refractivity contribution in [3.8, 4) is 23.0 Å². The Balaban J connectivity index is 1.37. The maximum absolute atomic E-state index is 16.2. The number of rotatable bonds is 8. The van der Waals surface area contributed by atoms with Gasteiger partial charge in [-0.15, -0.1) is 0 Å². The van der Waals surface area contributed by atoms with Gasteiger partial charge >= 0.3 is 12.1 Å². The second-order valence-electron chi connectivity index (χ2n) is 11.5. The second-order valence-corrected chi connectivity index (χ2v) is 11.9. The number of aliphatic hydroxyl groups is 1. The van der Waals surface area contributed by atoms with Crippen molar-refractivity contribution in [1.29, 1.82) is 0 Å². The minimum atomic E-state index is -0.934. The number of aromatic nitrogens is 3. The van der Waals surface area contributed by atoms with Crippen molar-refractivity contribution in [3.05, 3.63) is 35.2 Å². The Morgan fingerprint density at radius 1 is 1.28 bits per heavy atom. The highest BCUT2D eigenvalue weighted by Crippen LogP contribution is 2.41. The summed E-state index contributed by atoms with van der Waals surface area (Å²) in [6.45, 7) is 3.22. The highest BCUT2D eigenvalue weighted by Gasteiger charge is 2.49. The molecule has 3 N–H and O–H groups in total. The topological polar surface area (TPSA) is 133 Å². The standard InChI is InChI=1S/C29H33ClF2N6O5/c1-16-7-20(34-28(41)42-6-5-39)14-38(16)26-22-12-33-24(17-8-18(30)10-21(40)9-17)23(32)25(22)35-27(36-26)43-15-29-3-2-4-37(29)13-19(31)11-29/h8-10,12,16,19-20,39-40H,2-7,11,13-15H2,1H3,(H,34,41)/t16-,19-,20-,29+/m1/s1. The van der Waals surface area contributed by atoms with Crippen molar-refractivity contribution >= 4 is 34.4 Å². The van der Waals surface area contributed by atoms with Crippen LogP contribution in [0.4, 0.5) is 19.4 Å². The zero-order chi connectivity index (χ0) is 30.3. The number of carbonyl (C=O) groups excluding carboxylic acids is 1. The van der Waals surface area contributed by atoms with Crippen molar-refractivity contribution in [2.75, 3.05) is 44.4 Å². The number of alkyl carbamates (subject to hydrolysis) is 1. The van der Waals surface area contributed by atoms with Crippen molar-refractivity contribution in [2.24, 2.45) is 0 Å². The van der Waals surface area contributed by atoms with Crippen LogP contribution in [-0.2, 0) is 4.74 Å². The van der Waals surface area contributed by atoms with Crippen LogP contribution in [0.3, 0.4) is 0 Å². The Labute approximate surface area is 251 Å². The van der Waals surface area contributed by atoms with Gasteiger partial charge in [-0.1, -0.05) is 11.6 Å². The maximum Gasteiger partial charge on any atom is 0.407 e. The highest BCUT2D eigenvalue weighted by atomic mass is 35.5. The van der Waals surface area contributed by atoms with Crippen molar-refractivity contribution in [2.45, 2.75) is 56.4 Å². The third-order valence-corrected chi connectivity index (χ3v) is 8.74. The van der Waals surface area contributed by atoms with E-state index < -0.39 is 23.6 Å². The summed E-state index contributed by atoms with van der Waals surface area (Å²) in [4.78, 5) is 29.7. The number of ether oxygens (including phenoxy) is 2. The summed E-state index contributed by atoms with van der Waals surface area (Å²) >= 11 is 6.11. The number of nitrogens with one attached hydrogen (secondary N) is 1. The van der Waals surface area contributed by atoms with Crippen molar-refractivity contribution in [3.63, 3.8) is 0 Å². The minimum absolute atomic E-state index is 0.0361. The van der Waals surface area contributed by atoms with Gasteiger partial charge in [-0.25, -0.2) is 13.6 Å². The molecule has 6 rings (SSSR count). The minimum Gasteiger partial charge on any atom is -0.508 e. The van der Waals surface area contributed by atoms with E-state index in [9.17, 15) is 14.3 Å². The zero-order valence-corrected chi connectivity index (χ0v) is 24.4. The van der Waals surface area contributed by atoms with Gasteiger partial charge in [-0.3, -0.25) is 9.88 Å². The molecule has 3 saturated heterocycles. The molecule has 5 heterocycles. The molecule has 14 heteroatoms. The monoisotopic (exact) mass is 618 g/mol. The number of amides is 1. The fourth-order valence-electron chi connectivity index (χ4n) is 6.64. The van der Waals surface area contributed by atoms with E-state index in [1.54, 1.807) is 0 Å². The SMILES string of the molecule is C[C@@H]1C[C@@H](NC(=O)OCCO)CN1c1nc(OC[C@@]23CCCN2C[C@H](F)C3)nc2c(F)c(-c3cc(O)cc(Cl)c3)ncc12. The molecule has 3 aliphatic rings. The molecular weight excluding hydrogens is 586 g/mol. The summed E-state index contributed by atoms with van der Waals surface area (Å²) in [5.41, 5.74) is -0.278. The molecule has 0 radical (unpaired) electrons. The first-order chi connectivity index (χ1) is 20.7. The average molecular weight is 619 g/mol. The molecule has 3 aliphatic heterocycles. The maximum atomic E-state index is 16.2. The molecule has 0 aliphatic carbocycles. The normalized spacial score (nSPS) is 25.3. The van der Waals surface area contributed by atoms with Gasteiger partial charge in [0.1, 0.15) is 42.2 Å². The van der Waals surface area contributed by atoms with E-state index in [0.29, 0.717) is 37.1 Å². The zero-order valence-electron chi connectivity index (χ0n) is 23.6. The van der Waals surface area contributed by atoms with Gasteiger partial charge in [0, 0.05) is 42.3 Å². The van der Waals surface area contributed by atoms with E-state index in [1.165, 1.54) is 24.4 Å². The number of phenolic OH excluding ortho intramolecular Hbond substituents is 1. The number of alkyl halides is 1. The van der Waals surface area contributed by atoms with Crippen LogP contribution in [0.15, 0.2) is 24.4 Å². The number of anilines is 1. The van der Waals surface area contributed by atoms with Gasteiger partial charge < -0.3 is 29.9 Å². The van der Waals surface area contributed by atoms with Crippen molar-refractivity contribution < 1.29 is 33.3 Å². The van der Waals surface area contributed by atoms with Crippen LogP contribution >= 0.6 is 11.6 Å². The number of phenols is 1. The van der Waals surface area contributed by atoms with E-state index >= 15 is 4.39 Å². The van der Waals surface area contributed by atoms with Gasteiger partial charge in [-0.05, 0) is 50.9 Å². The number of nitrogens with zero attached hydrogens (tertiary/aromatic N) is 5. The number of fused-ring (bicyclic) bond motifs is 2. The van der Waals surface area contributed by atoms with Crippen LogP contribution in [0.1, 0.15) is 32.6 Å². The van der Waals surface area contributed by atoms with Crippen LogP contribution in [0.25, 0.3) is 22.2 Å². The summed E-state index contributed by atoms with van der Waals surface area (Å²) in [6.07, 6.45) is 2.54. The second kappa shape index (κ2) is 11.9. The van der Waals surface area contributed by atoms with Gasteiger partial charge in [0.25, 0.3) is 0 Å². The molecule has 1 amide bonds. The van der Waals surface area contributed by atoms with Crippen LogP contribution in [0, 0.1) is 5.82 Å². The van der Waals surface area contributed by atoms with Gasteiger partial charge in [0.2, 0.25) is 0 Å². The molecule has 0 saturated carbocycles. The molecule has 43 heavy (non-hydrogen) atoms. The Morgan fingerprint density at radius 3 is 2.91 bits per heavy atom. The molecule has 3 aromatic rings. The molecule has 3 fully saturated rings. The number of benzene rings is 1. The predicted octanol–water partition coefficient (Wildman–Crippen LogP) is 3.83. The first-order valence-electron chi connectivity index (χ1n) is 14.3. The Hall–Kier alpha value is -3.55. The number of aliphatic hydroxyl groups excluding tert-OH is 1. The van der Waals surface area contributed by atoms with E-state index in [-0.39, 0.29) is 65.5 Å². The molecule has 1 aromatic carbocycles. The summed E-state index contributed by atoms with van der Waals surface area (Å²) in [5, 5.41) is 22.3. The van der Waals surface area contributed by atoms with E-state index in [1.807, 2.05) is 11.8 Å². The predicted molar refractivity (Wildman–Crippen MR) is 155 cm³/mol. The van der Waals surface area contributed by atoms with Crippen LogP contribution in [0.2, 0.25) is 5.02 Å². The lowest BCUT2D eigenvalue weighted by Crippen LogP contribution is -2.43. The van der Waals surface area contributed by atoms with E-state index in [0.717, 1.165) is 19.4 Å². The largest absolute Gasteiger partial charge is 0.508 e. The van der Waals surface area contributed by atoms with Crippen molar-refractivity contribution in [1.82, 2.24) is 25.2 Å². The fraction of sp³-hybridized carbons (Fsp3) is 0.517. The Kier molecular flexibility index (Phi) is 8.14. The fourth-order valence-corrected chi connectivity index (χ4v) is 6.87. The average Bonchev–Trinajstić information content (AvgIpc) is 3.61. The van der Waals surface area contributed by atoms with E-state index in [2.05, 4.69) is 20.2 Å². The van der Waals surface area contributed by atoms with Gasteiger partial charge in [-0.2, -0.15) is 9.97 Å². The Morgan fingerprint density at radius 2 is 2.12 bits per heavy atom. The smallest absolute Gasteiger partial charge is 0.407 e. The number of halogens is 3. The number of hydrogen-bond acceptors (Lipinski definition) is 10. The number of hydrogen-bond donors (Lipinski definition) is 3. The molecule has 0 bridgehead atoms.